The molecule has 0 radical (unpaired) electrons. The predicted octanol–water partition coefficient (Wildman–Crippen LogP) is 2.15. The smallest absolute Gasteiger partial charge is 0.255 e. The van der Waals surface area contributed by atoms with Crippen LogP contribution in [0.1, 0.15) is 28.8 Å². The first-order valence-corrected chi connectivity index (χ1v) is 9.32. The topological polar surface area (TPSA) is 71.4 Å². The Hall–Kier alpha value is -2.60. The molecule has 0 spiro atoms. The van der Waals surface area contributed by atoms with Gasteiger partial charge < -0.3 is 14.8 Å². The molecule has 2 heterocycles. The largest absolute Gasteiger partial charge is 0.359 e. The van der Waals surface area contributed by atoms with Crippen LogP contribution in [-0.2, 0) is 11.3 Å². The first-order valence-electron chi connectivity index (χ1n) is 8.94. The number of rotatable bonds is 4. The maximum Gasteiger partial charge on any atom is 0.255 e. The van der Waals surface area contributed by atoms with Gasteiger partial charge >= 0.3 is 0 Å². The molecule has 0 saturated carbocycles. The minimum absolute atomic E-state index is 0.0235. The summed E-state index contributed by atoms with van der Waals surface area (Å²) >= 11 is 6.18. The van der Waals surface area contributed by atoms with Crippen LogP contribution in [-0.4, -0.2) is 41.4 Å². The van der Waals surface area contributed by atoms with Gasteiger partial charge in [-0.25, -0.2) is 0 Å². The molecule has 3 rings (SSSR count). The number of nitrogens with zero attached hydrogens (tertiary/aromatic N) is 2. The Labute approximate surface area is 162 Å². The van der Waals surface area contributed by atoms with E-state index in [1.807, 2.05) is 18.2 Å². The molecule has 6 nitrogen and oxygen atoms in total. The zero-order chi connectivity index (χ0) is 19.4. The Morgan fingerprint density at radius 3 is 2.52 bits per heavy atom. The fourth-order valence-electron chi connectivity index (χ4n) is 3.32. The van der Waals surface area contributed by atoms with E-state index in [0.29, 0.717) is 43.1 Å². The molecule has 1 saturated heterocycles. The fraction of sp³-hybridized carbons (Fsp3) is 0.350. The van der Waals surface area contributed by atoms with Gasteiger partial charge in [-0.2, -0.15) is 0 Å². The van der Waals surface area contributed by atoms with Gasteiger partial charge in [0.15, 0.2) is 0 Å². The van der Waals surface area contributed by atoms with E-state index in [4.69, 9.17) is 11.6 Å². The fourth-order valence-corrected chi connectivity index (χ4v) is 3.52. The number of hydrogen-bond acceptors (Lipinski definition) is 3. The lowest BCUT2D eigenvalue weighted by atomic mass is 9.95. The highest BCUT2D eigenvalue weighted by molar-refractivity contribution is 6.31. The predicted molar refractivity (Wildman–Crippen MR) is 104 cm³/mol. The number of piperidine rings is 1. The molecule has 0 bridgehead atoms. The average Bonchev–Trinajstić information content (AvgIpc) is 2.70. The molecule has 142 valence electrons. The van der Waals surface area contributed by atoms with Crippen LogP contribution < -0.4 is 10.9 Å². The molecule has 1 aromatic heterocycles. The Bertz CT molecular complexity index is 901. The number of likely N-dealkylation sites (tertiary alicyclic amines) is 1. The van der Waals surface area contributed by atoms with Crippen molar-refractivity contribution in [1.82, 2.24) is 14.8 Å². The van der Waals surface area contributed by atoms with Crippen LogP contribution in [0.15, 0.2) is 47.4 Å². The molecule has 27 heavy (non-hydrogen) atoms. The summed E-state index contributed by atoms with van der Waals surface area (Å²) in [6.07, 6.45) is 2.87. The van der Waals surface area contributed by atoms with Gasteiger partial charge in [-0.15, -0.1) is 0 Å². The van der Waals surface area contributed by atoms with Crippen LogP contribution in [0.2, 0.25) is 5.02 Å². The van der Waals surface area contributed by atoms with Crippen molar-refractivity contribution in [3.63, 3.8) is 0 Å². The molecule has 1 aliphatic heterocycles. The van der Waals surface area contributed by atoms with Gasteiger partial charge in [0, 0.05) is 43.3 Å². The van der Waals surface area contributed by atoms with Gasteiger partial charge in [0.1, 0.15) is 0 Å². The summed E-state index contributed by atoms with van der Waals surface area (Å²) < 4.78 is 1.49. The summed E-state index contributed by atoms with van der Waals surface area (Å²) in [5.41, 5.74) is 1.09. The molecule has 1 aliphatic rings. The van der Waals surface area contributed by atoms with Crippen molar-refractivity contribution in [2.75, 3.05) is 20.1 Å². The maximum atomic E-state index is 12.8. The second-order valence-corrected chi connectivity index (χ2v) is 7.06. The highest BCUT2D eigenvalue weighted by Gasteiger charge is 2.27. The molecular weight excluding hydrogens is 366 g/mol. The zero-order valence-corrected chi connectivity index (χ0v) is 15.9. The molecule has 0 unspecified atom stereocenters. The molecule has 1 N–H and O–H groups in total. The quantitative estimate of drug-likeness (QED) is 0.873. The molecule has 1 fully saturated rings. The Balaban J connectivity index is 1.74. The zero-order valence-electron chi connectivity index (χ0n) is 15.2. The van der Waals surface area contributed by atoms with Crippen molar-refractivity contribution in [2.45, 2.75) is 19.4 Å². The lowest BCUT2D eigenvalue weighted by molar-refractivity contribution is -0.125. The average molecular weight is 388 g/mol. The van der Waals surface area contributed by atoms with Crippen LogP contribution in [0.25, 0.3) is 0 Å². The van der Waals surface area contributed by atoms with Gasteiger partial charge in [-0.1, -0.05) is 29.8 Å². The standard InChI is InChI=1S/C20H22ClN3O3/c1-22-19(26)14-8-10-23(11-9-14)20(27)16-6-7-18(25)24(13-16)12-15-4-2-3-5-17(15)21/h2-7,13-14H,8-12H2,1H3,(H,22,26). The van der Waals surface area contributed by atoms with Crippen molar-refractivity contribution >= 4 is 23.4 Å². The van der Waals surface area contributed by atoms with Crippen LogP contribution in [0.4, 0.5) is 0 Å². The van der Waals surface area contributed by atoms with Gasteiger partial charge in [0.05, 0.1) is 12.1 Å². The number of carbonyl (C=O) groups is 2. The summed E-state index contributed by atoms with van der Waals surface area (Å²) in [4.78, 5) is 38.5. The van der Waals surface area contributed by atoms with Crippen LogP contribution in [0.5, 0.6) is 0 Å². The van der Waals surface area contributed by atoms with Crippen LogP contribution in [0, 0.1) is 5.92 Å². The Kier molecular flexibility index (Phi) is 5.96. The minimum Gasteiger partial charge on any atom is -0.359 e. The summed E-state index contributed by atoms with van der Waals surface area (Å²) in [6, 6.07) is 10.3. The van der Waals surface area contributed by atoms with Crippen molar-refractivity contribution < 1.29 is 9.59 Å². The van der Waals surface area contributed by atoms with E-state index >= 15 is 0 Å². The third kappa shape index (κ3) is 4.39. The first kappa shape index (κ1) is 19.2. The van der Waals surface area contributed by atoms with E-state index in [9.17, 15) is 14.4 Å². The van der Waals surface area contributed by atoms with Crippen molar-refractivity contribution in [3.05, 3.63) is 69.1 Å². The van der Waals surface area contributed by atoms with Crippen molar-refractivity contribution in [3.8, 4) is 0 Å². The summed E-state index contributed by atoms with van der Waals surface area (Å²) in [6.45, 7) is 1.36. The SMILES string of the molecule is CNC(=O)C1CCN(C(=O)c2ccc(=O)n(Cc3ccccc3Cl)c2)CC1. The number of carbonyl (C=O) groups excluding carboxylic acids is 2. The summed E-state index contributed by atoms with van der Waals surface area (Å²) in [5, 5.41) is 3.24. The third-order valence-corrected chi connectivity index (χ3v) is 5.30. The number of pyridine rings is 1. The van der Waals surface area contributed by atoms with Gasteiger partial charge in [0.2, 0.25) is 5.91 Å². The molecule has 1 aromatic carbocycles. The number of aromatic nitrogens is 1. The van der Waals surface area contributed by atoms with Crippen molar-refractivity contribution in [2.24, 2.45) is 5.92 Å². The Morgan fingerprint density at radius 2 is 1.85 bits per heavy atom. The first-order chi connectivity index (χ1) is 13.0. The van der Waals surface area contributed by atoms with E-state index in [-0.39, 0.29) is 23.3 Å². The molecule has 2 amide bonds. The number of nitrogens with one attached hydrogen (secondary N) is 1. The molecule has 0 aliphatic carbocycles. The van der Waals surface area contributed by atoms with E-state index < -0.39 is 0 Å². The molecular formula is C20H22ClN3O3. The summed E-state index contributed by atoms with van der Waals surface area (Å²) in [7, 11) is 1.63. The normalized spacial score (nSPS) is 14.8. The van der Waals surface area contributed by atoms with Crippen LogP contribution >= 0.6 is 11.6 Å². The number of amides is 2. The van der Waals surface area contributed by atoms with Gasteiger partial charge in [-0.3, -0.25) is 14.4 Å². The summed E-state index contributed by atoms with van der Waals surface area (Å²) in [5.74, 6) is -0.151. The van der Waals surface area contributed by atoms with Gasteiger partial charge in [0.25, 0.3) is 11.5 Å². The lowest BCUT2D eigenvalue weighted by Crippen LogP contribution is -2.42. The third-order valence-electron chi connectivity index (χ3n) is 4.93. The highest BCUT2D eigenvalue weighted by Crippen LogP contribution is 2.19. The second-order valence-electron chi connectivity index (χ2n) is 6.66. The minimum atomic E-state index is -0.190. The monoisotopic (exact) mass is 387 g/mol. The molecule has 0 atom stereocenters. The van der Waals surface area contributed by atoms with E-state index in [1.54, 1.807) is 30.3 Å². The van der Waals surface area contributed by atoms with E-state index in [1.165, 1.54) is 10.6 Å². The van der Waals surface area contributed by atoms with Crippen LogP contribution in [0.3, 0.4) is 0 Å². The maximum absolute atomic E-state index is 12.8. The van der Waals surface area contributed by atoms with E-state index in [0.717, 1.165) is 5.56 Å². The highest BCUT2D eigenvalue weighted by atomic mass is 35.5. The molecule has 2 aromatic rings. The lowest BCUT2D eigenvalue weighted by Gasteiger charge is -2.31. The van der Waals surface area contributed by atoms with Crippen molar-refractivity contribution in [1.29, 1.82) is 0 Å². The number of halogens is 1. The molecule has 7 heteroatoms. The van der Waals surface area contributed by atoms with Gasteiger partial charge in [-0.05, 0) is 30.5 Å². The van der Waals surface area contributed by atoms with E-state index in [2.05, 4.69) is 5.32 Å². The second kappa shape index (κ2) is 8.39. The Morgan fingerprint density at radius 1 is 1.15 bits per heavy atom. The number of hydrogen-bond donors (Lipinski definition) is 1. The number of benzene rings is 1.